The van der Waals surface area contributed by atoms with Gasteiger partial charge in [-0.3, -0.25) is 0 Å². The minimum absolute atomic E-state index is 0.408. The van der Waals surface area contributed by atoms with Crippen molar-refractivity contribution in [2.45, 2.75) is 50.3 Å². The second-order valence-electron chi connectivity index (χ2n) is 8.01. The van der Waals surface area contributed by atoms with E-state index in [1.807, 2.05) is 6.07 Å². The van der Waals surface area contributed by atoms with Crippen molar-refractivity contribution in [2.75, 3.05) is 25.1 Å². The van der Waals surface area contributed by atoms with Gasteiger partial charge in [-0.25, -0.2) is 0 Å². The fourth-order valence-electron chi connectivity index (χ4n) is 4.18. The van der Waals surface area contributed by atoms with Gasteiger partial charge in [0.25, 0.3) is 0 Å². The van der Waals surface area contributed by atoms with Crippen molar-refractivity contribution in [2.24, 2.45) is 0 Å². The molecule has 0 aromatic heterocycles. The summed E-state index contributed by atoms with van der Waals surface area (Å²) in [5.74, 6) is 0.450. The number of aliphatic hydroxyl groups is 4. The zero-order valence-electron chi connectivity index (χ0n) is 17.3. The van der Waals surface area contributed by atoms with Crippen LogP contribution in [0.15, 0.2) is 30.3 Å². The summed E-state index contributed by atoms with van der Waals surface area (Å²) in [6.45, 7) is 2.60. The van der Waals surface area contributed by atoms with Crippen LogP contribution in [0.25, 0.3) is 0 Å². The Morgan fingerprint density at radius 2 is 1.77 bits per heavy atom. The number of hydrogen-bond acceptors (Lipinski definition) is 7. The zero-order valence-corrected chi connectivity index (χ0v) is 18.0. The van der Waals surface area contributed by atoms with Crippen molar-refractivity contribution >= 4 is 17.3 Å². The molecule has 7 nitrogen and oxygen atoms in total. The smallest absolute Gasteiger partial charge is 0.149 e. The molecule has 0 aliphatic carbocycles. The quantitative estimate of drug-likeness (QED) is 0.473. The van der Waals surface area contributed by atoms with Gasteiger partial charge in [0.1, 0.15) is 42.9 Å². The highest BCUT2D eigenvalue weighted by atomic mass is 35.5. The Hall–Kier alpha value is -1.87. The first kappa shape index (κ1) is 22.3. The van der Waals surface area contributed by atoms with Crippen LogP contribution in [0.2, 0.25) is 5.02 Å². The lowest BCUT2D eigenvalue weighted by Crippen LogP contribution is -2.55. The van der Waals surface area contributed by atoms with Crippen LogP contribution in [0.5, 0.6) is 5.75 Å². The first-order valence-electron chi connectivity index (χ1n) is 10.5. The molecule has 2 aliphatic rings. The van der Waals surface area contributed by atoms with Gasteiger partial charge in [-0.15, -0.1) is 0 Å². The largest absolute Gasteiger partial charge is 0.489 e. The lowest BCUT2D eigenvalue weighted by molar-refractivity contribution is -0.232. The summed E-state index contributed by atoms with van der Waals surface area (Å²) in [6.07, 6.45) is -4.77. The maximum Gasteiger partial charge on any atom is 0.149 e. The van der Waals surface area contributed by atoms with Crippen molar-refractivity contribution in [1.29, 1.82) is 0 Å². The van der Waals surface area contributed by atoms with Crippen LogP contribution >= 0.6 is 11.6 Å². The molecule has 1 fully saturated rings. The number of rotatable bonds is 5. The third-order valence-corrected chi connectivity index (χ3v) is 6.43. The van der Waals surface area contributed by atoms with E-state index in [2.05, 4.69) is 36.5 Å². The molecule has 0 amide bonds. The highest BCUT2D eigenvalue weighted by Gasteiger charge is 2.45. The highest BCUT2D eigenvalue weighted by Crippen LogP contribution is 2.46. The van der Waals surface area contributed by atoms with Crippen LogP contribution in [0.3, 0.4) is 0 Å². The summed E-state index contributed by atoms with van der Waals surface area (Å²) < 4.78 is 11.7. The molecule has 0 saturated carbocycles. The number of aliphatic hydroxyl groups excluding tert-OH is 4. The van der Waals surface area contributed by atoms with Gasteiger partial charge in [-0.05, 0) is 35.6 Å². The summed E-state index contributed by atoms with van der Waals surface area (Å²) in [7, 11) is 0. The van der Waals surface area contributed by atoms with Gasteiger partial charge in [-0.2, -0.15) is 0 Å². The van der Waals surface area contributed by atoms with Crippen molar-refractivity contribution < 1.29 is 29.9 Å². The van der Waals surface area contributed by atoms with E-state index in [1.165, 1.54) is 5.56 Å². The molecule has 2 aromatic rings. The average Bonchev–Trinajstić information content (AvgIpc) is 2.80. The molecular weight excluding hydrogens is 422 g/mol. The van der Waals surface area contributed by atoms with E-state index in [0.717, 1.165) is 17.5 Å². The number of aryl methyl sites for hydroxylation is 1. The van der Waals surface area contributed by atoms with Crippen LogP contribution in [-0.2, 0) is 17.6 Å². The van der Waals surface area contributed by atoms with Crippen molar-refractivity contribution in [1.82, 2.24) is 0 Å². The molecule has 0 unspecified atom stereocenters. The number of benzene rings is 2. The van der Waals surface area contributed by atoms with E-state index in [9.17, 15) is 20.4 Å². The van der Waals surface area contributed by atoms with E-state index in [0.29, 0.717) is 41.6 Å². The first-order valence-corrected chi connectivity index (χ1v) is 10.9. The van der Waals surface area contributed by atoms with Gasteiger partial charge in [-0.1, -0.05) is 42.8 Å². The fourth-order valence-corrected chi connectivity index (χ4v) is 4.45. The van der Waals surface area contributed by atoms with E-state index >= 15 is 0 Å². The summed E-state index contributed by atoms with van der Waals surface area (Å²) in [5, 5.41) is 44.4. The normalized spacial score (nSPS) is 27.9. The van der Waals surface area contributed by atoms with Crippen molar-refractivity contribution in [3.05, 3.63) is 57.6 Å². The Kier molecular flexibility index (Phi) is 6.71. The van der Waals surface area contributed by atoms with E-state index in [1.54, 1.807) is 0 Å². The summed E-state index contributed by atoms with van der Waals surface area (Å²) in [4.78, 5) is 0. The van der Waals surface area contributed by atoms with Crippen LogP contribution in [-0.4, -0.2) is 64.6 Å². The third kappa shape index (κ3) is 4.26. The fraction of sp³-hybridized carbons (Fsp3) is 0.478. The zero-order chi connectivity index (χ0) is 22.1. The topological polar surface area (TPSA) is 111 Å². The molecule has 1 saturated heterocycles. The number of hydrogen-bond donors (Lipinski definition) is 5. The monoisotopic (exact) mass is 449 g/mol. The van der Waals surface area contributed by atoms with E-state index < -0.39 is 37.1 Å². The molecule has 2 aliphatic heterocycles. The first-order chi connectivity index (χ1) is 14.9. The SMILES string of the molecule is CCc1ccc(Cc2cc([C@@H]3O[C@H](CO)[C@@H](O)[C@H](O)[C@H]3O)c3c(c2Cl)NCCO3)cc1. The van der Waals surface area contributed by atoms with Crippen LogP contribution in [0.1, 0.15) is 35.3 Å². The molecule has 5 N–H and O–H groups in total. The van der Waals surface area contributed by atoms with Gasteiger partial charge in [0.15, 0.2) is 0 Å². The van der Waals surface area contributed by atoms with E-state index in [-0.39, 0.29) is 0 Å². The molecule has 4 rings (SSSR count). The molecule has 5 atom stereocenters. The van der Waals surface area contributed by atoms with Crippen molar-refractivity contribution in [3.63, 3.8) is 0 Å². The van der Waals surface area contributed by atoms with Crippen LogP contribution in [0, 0.1) is 0 Å². The summed E-state index contributed by atoms with van der Waals surface area (Å²) in [6, 6.07) is 10.1. The predicted molar refractivity (Wildman–Crippen MR) is 117 cm³/mol. The molecular formula is C23H28ClNO6. The molecule has 0 bridgehead atoms. The number of ether oxygens (including phenoxy) is 2. The molecule has 168 valence electrons. The minimum atomic E-state index is -1.47. The van der Waals surface area contributed by atoms with Crippen LogP contribution in [0.4, 0.5) is 5.69 Å². The Bertz CT molecular complexity index is 919. The van der Waals surface area contributed by atoms with Gasteiger partial charge < -0.3 is 35.2 Å². The molecule has 0 radical (unpaired) electrons. The summed E-state index contributed by atoms with van der Waals surface area (Å²) >= 11 is 6.72. The lowest BCUT2D eigenvalue weighted by atomic mass is 9.88. The third-order valence-electron chi connectivity index (χ3n) is 6.00. The van der Waals surface area contributed by atoms with Gasteiger partial charge >= 0.3 is 0 Å². The highest BCUT2D eigenvalue weighted by molar-refractivity contribution is 6.34. The molecule has 8 heteroatoms. The maximum atomic E-state index is 10.7. The average molecular weight is 450 g/mol. The second-order valence-corrected chi connectivity index (χ2v) is 8.39. The maximum absolute atomic E-state index is 10.7. The number of anilines is 1. The number of nitrogens with one attached hydrogen (secondary N) is 1. The van der Waals surface area contributed by atoms with Crippen LogP contribution < -0.4 is 10.1 Å². The molecule has 31 heavy (non-hydrogen) atoms. The Morgan fingerprint density at radius 1 is 1.06 bits per heavy atom. The molecule has 0 spiro atoms. The minimum Gasteiger partial charge on any atom is -0.489 e. The predicted octanol–water partition coefficient (Wildman–Crippen LogP) is 1.81. The Labute approximate surface area is 186 Å². The standard InChI is InChI=1S/C23H28ClNO6/c1-2-12-3-5-13(6-4-12)9-14-10-15(22-18(17(14)24)25-7-8-30-22)23-21(29)20(28)19(27)16(11-26)31-23/h3-6,10,16,19-21,23,25-29H,2,7-9,11H2,1H3/t16-,19-,20+,21-,23+/m1/s1. The van der Waals surface area contributed by atoms with Gasteiger partial charge in [0.2, 0.25) is 0 Å². The summed E-state index contributed by atoms with van der Waals surface area (Å²) in [5.41, 5.74) is 4.27. The second kappa shape index (κ2) is 9.32. The van der Waals surface area contributed by atoms with Crippen molar-refractivity contribution in [3.8, 4) is 5.75 Å². The number of halogens is 1. The molecule has 2 aromatic carbocycles. The molecule has 2 heterocycles. The Balaban J connectivity index is 1.75. The van der Waals surface area contributed by atoms with Gasteiger partial charge in [0, 0.05) is 12.1 Å². The lowest BCUT2D eigenvalue weighted by Gasteiger charge is -2.41. The van der Waals surface area contributed by atoms with E-state index in [4.69, 9.17) is 21.1 Å². The van der Waals surface area contributed by atoms with Gasteiger partial charge in [0.05, 0.1) is 17.3 Å². The number of fused-ring (bicyclic) bond motifs is 1. The Morgan fingerprint density at radius 3 is 2.45 bits per heavy atom.